The molecule has 0 saturated carbocycles. The van der Waals surface area contributed by atoms with Gasteiger partial charge in [0.05, 0.1) is 13.2 Å². The monoisotopic (exact) mass is 602 g/mol. The number of hydrogen-bond donors (Lipinski definition) is 10. The van der Waals surface area contributed by atoms with E-state index >= 15 is 0 Å². The largest absolute Gasteiger partial charge is 0.481 e. The Morgan fingerprint density at radius 1 is 1.16 bits per heavy atom. The molecule has 9 atom stereocenters. The van der Waals surface area contributed by atoms with E-state index in [-0.39, 0.29) is 6.29 Å². The van der Waals surface area contributed by atoms with Crippen LogP contribution in [0.2, 0.25) is 0 Å². The quantitative estimate of drug-likeness (QED) is 0.0790. The first kappa shape index (κ1) is 34.2. The molecule has 0 amide bonds. The molecule has 0 bridgehead atoms. The SMILES string of the molecule is O=C[C@H](O)[C@@H](O)[C@@H](OF)[C@H](O)CO.O=c1ccn([C@@H]2O[C@H](COP(=O)(O)OP(=O)(O)O)[C@@H](O)[C@H]2O)c(=O)[nH]1. The third-order valence-corrected chi connectivity index (χ3v) is 6.72. The van der Waals surface area contributed by atoms with E-state index in [0.717, 1.165) is 16.8 Å². The highest BCUT2D eigenvalue weighted by Crippen LogP contribution is 2.57. The molecule has 1 aromatic heterocycles. The van der Waals surface area contributed by atoms with Crippen LogP contribution in [0.4, 0.5) is 4.53 Å². The lowest BCUT2D eigenvalue weighted by Gasteiger charge is -2.23. The first-order valence-corrected chi connectivity index (χ1v) is 13.0. The Morgan fingerprint density at radius 3 is 2.24 bits per heavy atom. The van der Waals surface area contributed by atoms with Crippen LogP contribution in [0.5, 0.6) is 0 Å². The average Bonchev–Trinajstić information content (AvgIpc) is 3.10. The van der Waals surface area contributed by atoms with E-state index in [1.165, 1.54) is 0 Å². The highest BCUT2D eigenvalue weighted by atomic mass is 31.3. The van der Waals surface area contributed by atoms with Gasteiger partial charge in [0.15, 0.2) is 18.6 Å². The fraction of sp³-hybridized carbons (Fsp3) is 0.667. The molecule has 1 fully saturated rings. The second kappa shape index (κ2) is 14.6. The van der Waals surface area contributed by atoms with E-state index in [2.05, 4.69) is 13.8 Å². The summed E-state index contributed by atoms with van der Waals surface area (Å²) < 4.78 is 47.3. The zero-order valence-corrected chi connectivity index (χ0v) is 20.5. The molecule has 1 aliphatic rings. The average molecular weight is 602 g/mol. The van der Waals surface area contributed by atoms with Crippen LogP contribution in [-0.2, 0) is 32.4 Å². The normalized spacial score (nSPS) is 26.4. The molecule has 2 rings (SSSR count). The molecule has 1 saturated heterocycles. The van der Waals surface area contributed by atoms with Gasteiger partial charge in [-0.2, -0.15) is 9.25 Å². The van der Waals surface area contributed by atoms with Gasteiger partial charge in [0, 0.05) is 12.3 Å². The fourth-order valence-corrected chi connectivity index (χ4v) is 4.37. The van der Waals surface area contributed by atoms with Crippen LogP contribution >= 0.6 is 15.6 Å². The number of hydrogen-bond acceptors (Lipinski definition) is 15. The van der Waals surface area contributed by atoms with E-state index < -0.39 is 89.1 Å². The maximum absolute atomic E-state index is 11.7. The number of phosphoric acid groups is 2. The standard InChI is InChI=1S/C9H14N2O12P2.C6H11FO6/c12-5-1-2-11(9(15)10-5)8-7(14)6(13)4(22-8)3-21-25(19,20)23-24(16,17)18;7-13-6(4(11)2-9)5(12)3(10)1-8/h1-2,4,6-8,13-14H,3H2,(H,19,20)(H,10,12,15)(H2,16,17,18);1,3-6,9-12H,2H2/t4-,6-,7-,8-;3-,4+,5+,6-/m10/s1. The lowest BCUT2D eigenvalue weighted by molar-refractivity contribution is -0.250. The van der Waals surface area contributed by atoms with Crippen LogP contribution < -0.4 is 11.2 Å². The lowest BCUT2D eigenvalue weighted by atomic mass is 10.0. The third kappa shape index (κ3) is 10.1. The van der Waals surface area contributed by atoms with Gasteiger partial charge in [0.2, 0.25) is 0 Å². The number of nitrogens with one attached hydrogen (secondary N) is 1. The number of aldehydes is 1. The minimum atomic E-state index is -5.32. The third-order valence-electron chi connectivity index (χ3n) is 4.57. The number of rotatable bonds is 12. The van der Waals surface area contributed by atoms with E-state index in [9.17, 15) is 38.3 Å². The Labute approximate surface area is 209 Å². The molecule has 220 valence electrons. The van der Waals surface area contributed by atoms with E-state index in [1.54, 1.807) is 0 Å². The number of carbonyl (C=O) groups excluding carboxylic acids is 1. The summed E-state index contributed by atoms with van der Waals surface area (Å²) in [5, 5.41) is 54.6. The molecule has 23 heteroatoms. The summed E-state index contributed by atoms with van der Waals surface area (Å²) in [6, 6.07) is 0.962. The van der Waals surface area contributed by atoms with Gasteiger partial charge in [-0.1, -0.05) is 0 Å². The van der Waals surface area contributed by atoms with Crippen molar-refractivity contribution in [2.75, 3.05) is 13.2 Å². The summed E-state index contributed by atoms with van der Waals surface area (Å²) in [5.74, 6) is 0. The number of aliphatic hydroxyl groups excluding tert-OH is 6. The predicted octanol–water partition coefficient (Wildman–Crippen LogP) is -5.09. The smallest absolute Gasteiger partial charge is 0.394 e. The maximum Gasteiger partial charge on any atom is 0.481 e. The molecule has 2 heterocycles. The van der Waals surface area contributed by atoms with Gasteiger partial charge in [0.25, 0.3) is 5.56 Å². The van der Waals surface area contributed by atoms with Crippen LogP contribution in [0.25, 0.3) is 0 Å². The van der Waals surface area contributed by atoms with Crippen molar-refractivity contribution in [2.24, 2.45) is 0 Å². The molecule has 0 aromatic carbocycles. The van der Waals surface area contributed by atoms with Gasteiger partial charge in [0.1, 0.15) is 36.6 Å². The number of phosphoric ester groups is 1. The van der Waals surface area contributed by atoms with Gasteiger partial charge >= 0.3 is 21.3 Å². The van der Waals surface area contributed by atoms with Crippen molar-refractivity contribution in [3.8, 4) is 0 Å². The zero-order chi connectivity index (χ0) is 29.4. The van der Waals surface area contributed by atoms with Crippen molar-refractivity contribution in [3.05, 3.63) is 33.1 Å². The highest BCUT2D eigenvalue weighted by molar-refractivity contribution is 7.60. The number of aromatic nitrogens is 2. The van der Waals surface area contributed by atoms with Crippen molar-refractivity contribution in [2.45, 2.75) is 49.0 Å². The summed E-state index contributed by atoms with van der Waals surface area (Å²) in [4.78, 5) is 63.7. The molecule has 0 radical (unpaired) electrons. The number of H-pyrrole nitrogens is 1. The van der Waals surface area contributed by atoms with Gasteiger partial charge in [-0.05, 0) is 4.53 Å². The predicted molar refractivity (Wildman–Crippen MR) is 113 cm³/mol. The Morgan fingerprint density at radius 2 is 1.76 bits per heavy atom. The lowest BCUT2D eigenvalue weighted by Crippen LogP contribution is -2.46. The van der Waals surface area contributed by atoms with Gasteiger partial charge in [-0.25, -0.2) is 13.9 Å². The van der Waals surface area contributed by atoms with Crippen molar-refractivity contribution in [3.63, 3.8) is 0 Å². The zero-order valence-electron chi connectivity index (χ0n) is 18.7. The minimum absolute atomic E-state index is 0.0409. The van der Waals surface area contributed by atoms with Crippen LogP contribution in [0.15, 0.2) is 21.9 Å². The molecule has 0 spiro atoms. The van der Waals surface area contributed by atoms with Gasteiger partial charge in [-0.3, -0.25) is 18.9 Å². The second-order valence-electron chi connectivity index (χ2n) is 7.32. The number of ether oxygens (including phenoxy) is 1. The summed E-state index contributed by atoms with van der Waals surface area (Å²) in [6.07, 6.45) is -12.7. The van der Waals surface area contributed by atoms with Crippen LogP contribution in [0.3, 0.4) is 0 Å². The molecular formula is C15H25FN2O18P2. The van der Waals surface area contributed by atoms with Crippen LogP contribution in [-0.4, -0.2) is 117 Å². The first-order chi connectivity index (χ1) is 17.5. The maximum atomic E-state index is 11.7. The fourth-order valence-electron chi connectivity index (χ4n) is 2.77. The number of aliphatic hydroxyl groups is 6. The summed E-state index contributed by atoms with van der Waals surface area (Å²) >= 11 is 0. The highest BCUT2D eigenvalue weighted by Gasteiger charge is 2.45. The van der Waals surface area contributed by atoms with Gasteiger partial charge in [-0.15, -0.1) is 0 Å². The molecular weight excluding hydrogens is 577 g/mol. The molecule has 1 unspecified atom stereocenters. The molecule has 10 N–H and O–H groups in total. The number of nitrogens with zero attached hydrogens (tertiary/aromatic N) is 1. The van der Waals surface area contributed by atoms with Crippen LogP contribution in [0, 0.1) is 0 Å². The summed E-state index contributed by atoms with van der Waals surface area (Å²) in [5.41, 5.74) is -1.65. The van der Waals surface area contributed by atoms with Gasteiger partial charge < -0.3 is 54.9 Å². The molecule has 1 aromatic rings. The summed E-state index contributed by atoms with van der Waals surface area (Å²) in [6.45, 7) is -1.77. The van der Waals surface area contributed by atoms with Crippen molar-refractivity contribution < 1.29 is 82.3 Å². The number of carbonyl (C=O) groups is 1. The van der Waals surface area contributed by atoms with E-state index in [1.807, 2.05) is 4.98 Å². The summed E-state index contributed by atoms with van der Waals surface area (Å²) in [7, 11) is -10.5. The van der Waals surface area contributed by atoms with Crippen molar-refractivity contribution >= 4 is 21.9 Å². The Bertz CT molecular complexity index is 1110. The molecule has 20 nitrogen and oxygen atoms in total. The second-order valence-corrected chi connectivity index (χ2v) is 10.2. The van der Waals surface area contributed by atoms with E-state index in [4.69, 9.17) is 39.8 Å². The Hall–Kier alpha value is -1.78. The molecule has 0 aliphatic carbocycles. The van der Waals surface area contributed by atoms with Crippen molar-refractivity contribution in [1.82, 2.24) is 9.55 Å². The number of halogens is 1. The minimum Gasteiger partial charge on any atom is -0.394 e. The van der Waals surface area contributed by atoms with Crippen molar-refractivity contribution in [1.29, 1.82) is 0 Å². The van der Waals surface area contributed by atoms with E-state index in [0.29, 0.717) is 0 Å². The first-order valence-electron chi connectivity index (χ1n) is 9.93. The van der Waals surface area contributed by atoms with Crippen LogP contribution in [0.1, 0.15) is 6.23 Å². The molecule has 38 heavy (non-hydrogen) atoms. The number of aromatic amines is 1. The topological polar surface area (TPSA) is 325 Å². The Kier molecular flexibility index (Phi) is 13.1. The Balaban J connectivity index is 0.000000471. The molecule has 1 aliphatic heterocycles.